The average molecular weight is 476 g/mol. The van der Waals surface area contributed by atoms with E-state index in [0.717, 1.165) is 34.5 Å². The molecule has 3 aromatic rings. The Morgan fingerprint density at radius 2 is 1.94 bits per heavy atom. The highest BCUT2D eigenvalue weighted by Crippen LogP contribution is 2.29. The fraction of sp³-hybridized carbons (Fsp3) is 0.500. The molecule has 1 aromatic carbocycles. The molecule has 0 radical (unpaired) electrons. The molecule has 1 aliphatic heterocycles. The Balaban J connectivity index is 1.52. The number of fused-ring (bicyclic) bond motifs is 1. The van der Waals surface area contributed by atoms with Crippen molar-refractivity contribution < 1.29 is 9.59 Å². The van der Waals surface area contributed by atoms with E-state index >= 15 is 0 Å². The number of rotatable bonds is 8. The van der Waals surface area contributed by atoms with Crippen molar-refractivity contribution in [1.29, 1.82) is 0 Å². The summed E-state index contributed by atoms with van der Waals surface area (Å²) < 4.78 is 2.10. The Morgan fingerprint density at radius 3 is 2.57 bits per heavy atom. The van der Waals surface area contributed by atoms with E-state index in [2.05, 4.69) is 74.2 Å². The SMILES string of the molecule is C=CC(=O)N1CC(CC(=O)c2c(C)nc(CCc3[nH]nc4ccc(C(C)(C)C)cc34)n2C(C)C)C1. The number of carbonyl (C=O) groups excluding carboxylic acids is 2. The van der Waals surface area contributed by atoms with Crippen LogP contribution in [0.3, 0.4) is 0 Å². The third kappa shape index (κ3) is 4.95. The van der Waals surface area contributed by atoms with Gasteiger partial charge in [-0.15, -0.1) is 0 Å². The normalized spacial score (nSPS) is 14.5. The minimum absolute atomic E-state index is 0.0689. The van der Waals surface area contributed by atoms with Gasteiger partial charge in [-0.1, -0.05) is 33.4 Å². The van der Waals surface area contributed by atoms with Crippen LogP contribution < -0.4 is 0 Å². The standard InChI is InChI=1S/C28H37N5O2/c1-8-26(35)32-15-19(16-32)13-24(34)27-18(4)29-25(33(27)17(2)3)12-11-23-21-14-20(28(5,6)7)9-10-22(21)30-31-23/h8-10,14,17,19H,1,11-13,15-16H2,2-7H3,(H,30,31). The van der Waals surface area contributed by atoms with E-state index in [0.29, 0.717) is 31.6 Å². The van der Waals surface area contributed by atoms with Crippen LogP contribution in [-0.4, -0.2) is 49.4 Å². The number of Topliss-reactive ketones (excluding diaryl/α,β-unsaturated/α-hetero) is 1. The van der Waals surface area contributed by atoms with E-state index in [4.69, 9.17) is 4.98 Å². The van der Waals surface area contributed by atoms with E-state index in [1.807, 2.05) is 6.92 Å². The first-order chi connectivity index (χ1) is 16.5. The molecule has 4 rings (SSSR count). The third-order valence-electron chi connectivity index (χ3n) is 6.95. The molecular weight excluding hydrogens is 438 g/mol. The van der Waals surface area contributed by atoms with Crippen molar-refractivity contribution in [2.45, 2.75) is 72.3 Å². The van der Waals surface area contributed by atoms with Crippen LogP contribution in [-0.2, 0) is 23.1 Å². The van der Waals surface area contributed by atoms with Gasteiger partial charge in [-0.2, -0.15) is 5.10 Å². The summed E-state index contributed by atoms with van der Waals surface area (Å²) in [5, 5.41) is 8.87. The highest BCUT2D eigenvalue weighted by Gasteiger charge is 2.33. The molecule has 186 valence electrons. The van der Waals surface area contributed by atoms with Crippen molar-refractivity contribution in [1.82, 2.24) is 24.6 Å². The van der Waals surface area contributed by atoms with Gasteiger partial charge in [0.2, 0.25) is 5.91 Å². The molecule has 7 nitrogen and oxygen atoms in total. The molecule has 35 heavy (non-hydrogen) atoms. The predicted molar refractivity (Wildman–Crippen MR) is 139 cm³/mol. The number of nitrogens with one attached hydrogen (secondary N) is 1. The lowest BCUT2D eigenvalue weighted by atomic mass is 9.86. The molecule has 0 aliphatic carbocycles. The number of aromatic nitrogens is 4. The Labute approximate surface area is 207 Å². The number of carbonyl (C=O) groups is 2. The summed E-state index contributed by atoms with van der Waals surface area (Å²) in [5.41, 5.74) is 4.89. The van der Waals surface area contributed by atoms with Crippen LogP contribution in [0.5, 0.6) is 0 Å². The minimum Gasteiger partial charge on any atom is -0.338 e. The molecule has 0 spiro atoms. The first-order valence-corrected chi connectivity index (χ1v) is 12.5. The summed E-state index contributed by atoms with van der Waals surface area (Å²) in [6, 6.07) is 6.59. The van der Waals surface area contributed by atoms with Crippen LogP contribution in [0.25, 0.3) is 10.9 Å². The van der Waals surface area contributed by atoms with E-state index in [1.165, 1.54) is 11.6 Å². The predicted octanol–water partition coefficient (Wildman–Crippen LogP) is 4.95. The van der Waals surface area contributed by atoms with Crippen LogP contribution in [0.2, 0.25) is 0 Å². The van der Waals surface area contributed by atoms with Crippen LogP contribution in [0.15, 0.2) is 30.9 Å². The molecular formula is C28H37N5O2. The van der Waals surface area contributed by atoms with Crippen molar-refractivity contribution in [3.05, 3.63) is 59.3 Å². The molecule has 0 bridgehead atoms. The molecule has 0 atom stereocenters. The number of ketones is 1. The van der Waals surface area contributed by atoms with Gasteiger partial charge >= 0.3 is 0 Å². The molecule has 1 fully saturated rings. The molecule has 1 amide bonds. The second-order valence-corrected chi connectivity index (χ2v) is 11.1. The summed E-state index contributed by atoms with van der Waals surface area (Å²) in [4.78, 5) is 31.6. The molecule has 1 N–H and O–H groups in total. The Morgan fingerprint density at radius 1 is 1.23 bits per heavy atom. The highest BCUT2D eigenvalue weighted by atomic mass is 16.2. The lowest BCUT2D eigenvalue weighted by Crippen LogP contribution is -2.50. The van der Waals surface area contributed by atoms with Crippen molar-refractivity contribution in [3.8, 4) is 0 Å². The lowest BCUT2D eigenvalue weighted by Gasteiger charge is -2.38. The van der Waals surface area contributed by atoms with Gasteiger partial charge < -0.3 is 9.47 Å². The van der Waals surface area contributed by atoms with Gasteiger partial charge in [0.15, 0.2) is 5.78 Å². The minimum atomic E-state index is -0.0691. The second kappa shape index (κ2) is 9.44. The third-order valence-corrected chi connectivity index (χ3v) is 6.95. The Kier molecular flexibility index (Phi) is 6.71. The second-order valence-electron chi connectivity index (χ2n) is 11.1. The number of likely N-dealkylation sites (tertiary alicyclic amines) is 1. The number of amides is 1. The van der Waals surface area contributed by atoms with Crippen LogP contribution in [0, 0.1) is 12.8 Å². The van der Waals surface area contributed by atoms with Crippen LogP contribution in [0.1, 0.15) is 80.3 Å². The maximum absolute atomic E-state index is 13.3. The highest BCUT2D eigenvalue weighted by molar-refractivity contribution is 5.96. The summed E-state index contributed by atoms with van der Waals surface area (Å²) >= 11 is 0. The van der Waals surface area contributed by atoms with Crippen molar-refractivity contribution in [2.75, 3.05) is 13.1 Å². The zero-order valence-electron chi connectivity index (χ0n) is 21.8. The maximum atomic E-state index is 13.3. The molecule has 7 heteroatoms. The van der Waals surface area contributed by atoms with Gasteiger partial charge in [-0.3, -0.25) is 14.7 Å². The van der Waals surface area contributed by atoms with Crippen LogP contribution >= 0.6 is 0 Å². The fourth-order valence-corrected chi connectivity index (χ4v) is 5.00. The number of aryl methyl sites for hydroxylation is 3. The number of imidazole rings is 1. The van der Waals surface area contributed by atoms with Gasteiger partial charge in [0, 0.05) is 49.0 Å². The van der Waals surface area contributed by atoms with Crippen molar-refractivity contribution in [2.24, 2.45) is 5.92 Å². The smallest absolute Gasteiger partial charge is 0.245 e. The number of hydrogen-bond acceptors (Lipinski definition) is 4. The van der Waals surface area contributed by atoms with Crippen molar-refractivity contribution in [3.63, 3.8) is 0 Å². The zero-order chi connectivity index (χ0) is 25.5. The summed E-state index contributed by atoms with van der Waals surface area (Å²) in [5.74, 6) is 1.15. The largest absolute Gasteiger partial charge is 0.338 e. The summed E-state index contributed by atoms with van der Waals surface area (Å²) in [7, 11) is 0. The van der Waals surface area contributed by atoms with Crippen LogP contribution in [0.4, 0.5) is 0 Å². The molecule has 0 unspecified atom stereocenters. The summed E-state index contributed by atoms with van der Waals surface area (Å²) in [6.45, 7) is 17.5. The van der Waals surface area contributed by atoms with E-state index in [-0.39, 0.29) is 29.1 Å². The number of hydrogen-bond donors (Lipinski definition) is 1. The summed E-state index contributed by atoms with van der Waals surface area (Å²) in [6.07, 6.45) is 3.24. The Bertz CT molecular complexity index is 1270. The van der Waals surface area contributed by atoms with Gasteiger partial charge in [0.1, 0.15) is 11.5 Å². The fourth-order valence-electron chi connectivity index (χ4n) is 5.00. The molecule has 2 aromatic heterocycles. The van der Waals surface area contributed by atoms with E-state index in [9.17, 15) is 9.59 Å². The van der Waals surface area contributed by atoms with Crippen molar-refractivity contribution >= 4 is 22.6 Å². The molecule has 1 aliphatic rings. The maximum Gasteiger partial charge on any atom is 0.245 e. The van der Waals surface area contributed by atoms with E-state index < -0.39 is 0 Å². The average Bonchev–Trinajstić information content (AvgIpc) is 3.33. The molecule has 3 heterocycles. The molecule has 0 saturated carbocycles. The molecule has 1 saturated heterocycles. The van der Waals surface area contributed by atoms with Gasteiger partial charge in [0.25, 0.3) is 0 Å². The first kappa shape index (κ1) is 24.9. The topological polar surface area (TPSA) is 83.9 Å². The quantitative estimate of drug-likeness (QED) is 0.369. The number of benzene rings is 1. The number of aromatic amines is 1. The first-order valence-electron chi connectivity index (χ1n) is 12.5. The number of nitrogens with zero attached hydrogens (tertiary/aromatic N) is 4. The van der Waals surface area contributed by atoms with Gasteiger partial charge in [-0.05, 0) is 56.4 Å². The zero-order valence-corrected chi connectivity index (χ0v) is 21.8. The van der Waals surface area contributed by atoms with E-state index in [1.54, 1.807) is 4.90 Å². The number of H-pyrrole nitrogens is 1. The Hall–Kier alpha value is -3.22. The van der Waals surface area contributed by atoms with Gasteiger partial charge in [0.05, 0.1) is 11.2 Å². The monoisotopic (exact) mass is 475 g/mol. The van der Waals surface area contributed by atoms with Gasteiger partial charge in [-0.25, -0.2) is 4.98 Å². The lowest BCUT2D eigenvalue weighted by molar-refractivity contribution is -0.132.